The molecule has 0 aliphatic carbocycles. The SMILES string of the molecule is Cc1ccc2sc(C(=S)Nc3cccc(Cl)c3)c(O)c2c1. The lowest BCUT2D eigenvalue weighted by atomic mass is 10.1. The zero-order chi connectivity index (χ0) is 15.0. The first-order valence-electron chi connectivity index (χ1n) is 6.33. The second-order valence-corrected chi connectivity index (χ2v) is 6.64. The molecule has 3 rings (SSSR count). The fraction of sp³-hybridized carbons (Fsp3) is 0.0625. The van der Waals surface area contributed by atoms with Gasteiger partial charge in [0.1, 0.15) is 15.6 Å². The molecule has 1 heterocycles. The summed E-state index contributed by atoms with van der Waals surface area (Å²) in [5, 5.41) is 15.0. The van der Waals surface area contributed by atoms with Gasteiger partial charge in [-0.1, -0.05) is 41.5 Å². The van der Waals surface area contributed by atoms with Crippen molar-refractivity contribution in [1.29, 1.82) is 0 Å². The van der Waals surface area contributed by atoms with E-state index in [1.54, 1.807) is 12.1 Å². The van der Waals surface area contributed by atoms with Crippen molar-refractivity contribution < 1.29 is 5.11 Å². The fourth-order valence-electron chi connectivity index (χ4n) is 2.11. The number of halogens is 1. The molecule has 1 aromatic heterocycles. The van der Waals surface area contributed by atoms with Gasteiger partial charge in [0.2, 0.25) is 0 Å². The summed E-state index contributed by atoms with van der Waals surface area (Å²) in [6.07, 6.45) is 0. The third kappa shape index (κ3) is 2.88. The van der Waals surface area contributed by atoms with E-state index in [2.05, 4.69) is 5.32 Å². The van der Waals surface area contributed by atoms with Crippen molar-refractivity contribution >= 4 is 55.9 Å². The van der Waals surface area contributed by atoms with E-state index in [-0.39, 0.29) is 5.75 Å². The zero-order valence-corrected chi connectivity index (χ0v) is 13.6. The average molecular weight is 334 g/mol. The van der Waals surface area contributed by atoms with Crippen molar-refractivity contribution in [2.75, 3.05) is 5.32 Å². The standard InChI is InChI=1S/C16H12ClNOS2/c1-9-5-6-13-12(7-9)14(19)15(21-13)16(20)18-11-4-2-3-10(17)8-11/h2-8,19H,1H3,(H,18,20). The molecule has 0 atom stereocenters. The van der Waals surface area contributed by atoms with Gasteiger partial charge in [0.15, 0.2) is 0 Å². The number of thiocarbonyl (C=S) groups is 1. The van der Waals surface area contributed by atoms with E-state index in [9.17, 15) is 5.11 Å². The van der Waals surface area contributed by atoms with E-state index >= 15 is 0 Å². The molecule has 5 heteroatoms. The van der Waals surface area contributed by atoms with Gasteiger partial charge in [0.05, 0.1) is 0 Å². The summed E-state index contributed by atoms with van der Waals surface area (Å²) in [6, 6.07) is 13.3. The van der Waals surface area contributed by atoms with Crippen molar-refractivity contribution in [1.82, 2.24) is 0 Å². The van der Waals surface area contributed by atoms with E-state index in [1.165, 1.54) is 11.3 Å². The van der Waals surface area contributed by atoms with Gasteiger partial charge >= 0.3 is 0 Å². The van der Waals surface area contributed by atoms with Crippen molar-refractivity contribution in [2.24, 2.45) is 0 Å². The molecule has 0 saturated carbocycles. The second kappa shape index (κ2) is 5.64. The molecular weight excluding hydrogens is 322 g/mol. The van der Waals surface area contributed by atoms with Crippen LogP contribution in [0, 0.1) is 6.92 Å². The lowest BCUT2D eigenvalue weighted by Gasteiger charge is -2.06. The maximum atomic E-state index is 10.4. The topological polar surface area (TPSA) is 32.3 Å². The van der Waals surface area contributed by atoms with Gasteiger partial charge in [-0.25, -0.2) is 0 Å². The summed E-state index contributed by atoms with van der Waals surface area (Å²) in [6.45, 7) is 2.00. The van der Waals surface area contributed by atoms with Crippen molar-refractivity contribution in [3.05, 3.63) is 57.9 Å². The largest absolute Gasteiger partial charge is 0.506 e. The van der Waals surface area contributed by atoms with E-state index in [0.29, 0.717) is 14.9 Å². The molecule has 3 aromatic rings. The van der Waals surface area contributed by atoms with Crippen molar-refractivity contribution in [2.45, 2.75) is 6.92 Å². The van der Waals surface area contributed by atoms with Crippen LogP contribution < -0.4 is 5.32 Å². The van der Waals surface area contributed by atoms with Crippen LogP contribution in [0.5, 0.6) is 5.75 Å². The Balaban J connectivity index is 1.96. The van der Waals surface area contributed by atoms with Gasteiger partial charge in [0.25, 0.3) is 0 Å². The van der Waals surface area contributed by atoms with Crippen LogP contribution >= 0.6 is 35.2 Å². The molecule has 0 spiro atoms. The van der Waals surface area contributed by atoms with E-state index < -0.39 is 0 Å². The normalized spacial score (nSPS) is 10.8. The van der Waals surface area contributed by atoms with Gasteiger partial charge in [0, 0.05) is 20.8 Å². The lowest BCUT2D eigenvalue weighted by Crippen LogP contribution is -2.08. The molecule has 2 aromatic carbocycles. The maximum Gasteiger partial charge on any atom is 0.144 e. The minimum Gasteiger partial charge on any atom is -0.506 e. The highest BCUT2D eigenvalue weighted by Crippen LogP contribution is 2.38. The van der Waals surface area contributed by atoms with Crippen LogP contribution in [-0.4, -0.2) is 10.1 Å². The van der Waals surface area contributed by atoms with Gasteiger partial charge in [-0.2, -0.15) is 0 Å². The second-order valence-electron chi connectivity index (χ2n) is 4.74. The Kier molecular flexibility index (Phi) is 3.85. The average Bonchev–Trinajstić information content (AvgIpc) is 2.76. The number of rotatable bonds is 2. The Morgan fingerprint density at radius 3 is 2.81 bits per heavy atom. The highest BCUT2D eigenvalue weighted by molar-refractivity contribution is 7.81. The molecule has 0 amide bonds. The number of thiophene rings is 1. The van der Waals surface area contributed by atoms with Gasteiger partial charge < -0.3 is 10.4 Å². The Morgan fingerprint density at radius 2 is 2.05 bits per heavy atom. The Morgan fingerprint density at radius 1 is 1.24 bits per heavy atom. The molecule has 0 unspecified atom stereocenters. The third-order valence-electron chi connectivity index (χ3n) is 3.11. The number of aromatic hydroxyl groups is 1. The highest BCUT2D eigenvalue weighted by Gasteiger charge is 2.15. The van der Waals surface area contributed by atoms with E-state index in [4.69, 9.17) is 23.8 Å². The van der Waals surface area contributed by atoms with Crippen LogP contribution in [0.2, 0.25) is 5.02 Å². The van der Waals surface area contributed by atoms with E-state index in [0.717, 1.165) is 21.3 Å². The first-order chi connectivity index (χ1) is 10.0. The molecule has 0 radical (unpaired) electrons. The van der Waals surface area contributed by atoms with Crippen molar-refractivity contribution in [3.8, 4) is 5.75 Å². The smallest absolute Gasteiger partial charge is 0.144 e. The van der Waals surface area contributed by atoms with Gasteiger partial charge in [-0.15, -0.1) is 11.3 Å². The maximum absolute atomic E-state index is 10.4. The summed E-state index contributed by atoms with van der Waals surface area (Å²) in [7, 11) is 0. The lowest BCUT2D eigenvalue weighted by molar-refractivity contribution is 0.483. The summed E-state index contributed by atoms with van der Waals surface area (Å²) < 4.78 is 1.02. The number of hydrogen-bond acceptors (Lipinski definition) is 3. The number of benzene rings is 2. The summed E-state index contributed by atoms with van der Waals surface area (Å²) in [4.78, 5) is 1.17. The zero-order valence-electron chi connectivity index (χ0n) is 11.2. The summed E-state index contributed by atoms with van der Waals surface area (Å²) >= 11 is 12.8. The highest BCUT2D eigenvalue weighted by atomic mass is 35.5. The summed E-state index contributed by atoms with van der Waals surface area (Å²) in [5.41, 5.74) is 1.91. The number of fused-ring (bicyclic) bond motifs is 1. The Labute approximate surface area is 137 Å². The molecule has 0 fully saturated rings. The van der Waals surface area contributed by atoms with Gasteiger partial charge in [-0.3, -0.25) is 0 Å². The molecule has 0 aliphatic rings. The predicted octanol–water partition coefficient (Wildman–Crippen LogP) is 5.36. The third-order valence-corrected chi connectivity index (χ3v) is 4.95. The molecule has 2 N–H and O–H groups in total. The minimum atomic E-state index is 0.234. The van der Waals surface area contributed by atoms with Crippen LogP contribution in [0.1, 0.15) is 10.4 Å². The molecule has 21 heavy (non-hydrogen) atoms. The number of hydrogen-bond donors (Lipinski definition) is 2. The molecule has 0 saturated heterocycles. The van der Waals surface area contributed by atoms with Crippen LogP contribution in [0.3, 0.4) is 0 Å². The van der Waals surface area contributed by atoms with Crippen LogP contribution in [0.4, 0.5) is 5.69 Å². The molecule has 0 aliphatic heterocycles. The number of aryl methyl sites for hydroxylation is 1. The number of anilines is 1. The monoisotopic (exact) mass is 333 g/mol. The Hall–Kier alpha value is -1.62. The molecular formula is C16H12ClNOS2. The van der Waals surface area contributed by atoms with Crippen LogP contribution in [-0.2, 0) is 0 Å². The van der Waals surface area contributed by atoms with Gasteiger partial charge in [-0.05, 0) is 37.3 Å². The fourth-order valence-corrected chi connectivity index (χ4v) is 3.61. The summed E-state index contributed by atoms with van der Waals surface area (Å²) in [5.74, 6) is 0.234. The predicted molar refractivity (Wildman–Crippen MR) is 95.0 cm³/mol. The minimum absolute atomic E-state index is 0.234. The first-order valence-corrected chi connectivity index (χ1v) is 7.94. The molecule has 2 nitrogen and oxygen atoms in total. The van der Waals surface area contributed by atoms with Crippen molar-refractivity contribution in [3.63, 3.8) is 0 Å². The Bertz CT molecular complexity index is 841. The van der Waals surface area contributed by atoms with Crippen LogP contribution in [0.25, 0.3) is 10.1 Å². The quantitative estimate of drug-likeness (QED) is 0.619. The first kappa shape index (κ1) is 14.3. The molecule has 0 bridgehead atoms. The molecule has 106 valence electrons. The van der Waals surface area contributed by atoms with E-state index in [1.807, 2.05) is 37.3 Å². The van der Waals surface area contributed by atoms with Crippen LogP contribution in [0.15, 0.2) is 42.5 Å². The number of nitrogens with one attached hydrogen (secondary N) is 1.